The molecule has 1 amide bonds. The molecule has 22 heavy (non-hydrogen) atoms. The molecule has 1 aliphatic rings. The van der Waals surface area contributed by atoms with Crippen molar-refractivity contribution in [1.82, 2.24) is 15.2 Å². The van der Waals surface area contributed by atoms with Crippen LogP contribution in [0.1, 0.15) is 17.9 Å². The van der Waals surface area contributed by atoms with Crippen molar-refractivity contribution in [3.05, 3.63) is 35.6 Å². The summed E-state index contributed by atoms with van der Waals surface area (Å²) in [5.41, 5.74) is 0.770. The lowest BCUT2D eigenvalue weighted by atomic mass is 10.1. The molecule has 2 N–H and O–H groups in total. The number of nitrogens with zero attached hydrogens (tertiary/aromatic N) is 2. The van der Waals surface area contributed by atoms with Crippen LogP contribution in [0, 0.1) is 11.7 Å². The van der Waals surface area contributed by atoms with Crippen LogP contribution in [0.3, 0.4) is 0 Å². The number of anilines is 1. The summed E-state index contributed by atoms with van der Waals surface area (Å²) in [4.78, 5) is 15.8. The number of aromatic nitrogens is 3. The predicted molar refractivity (Wildman–Crippen MR) is 75.4 cm³/mol. The van der Waals surface area contributed by atoms with E-state index in [0.717, 1.165) is 11.8 Å². The monoisotopic (exact) mass is 324 g/mol. The molecule has 0 aliphatic heterocycles. The third-order valence-corrected chi connectivity index (χ3v) is 4.34. The number of sulfone groups is 1. The molecular weight excluding hydrogens is 311 g/mol. The minimum absolute atomic E-state index is 0.0379. The maximum atomic E-state index is 13.2. The van der Waals surface area contributed by atoms with E-state index < -0.39 is 9.84 Å². The Morgan fingerprint density at radius 3 is 2.86 bits per heavy atom. The molecule has 1 aromatic carbocycles. The molecule has 7 nitrogen and oxygen atoms in total. The molecule has 1 fully saturated rings. The standard InChI is InChI=1S/C13H13FN4O3S/c1-22(20,21)13-16-12(17-18-13)15-11(19)10-6-9(10)7-3-2-4-8(14)5-7/h2-5,9-10H,6H2,1H3,(H2,15,16,17,18,19)/t9-,10+/m0/s1. The Bertz CT molecular complexity index is 833. The van der Waals surface area contributed by atoms with Crippen molar-refractivity contribution in [2.24, 2.45) is 5.92 Å². The highest BCUT2D eigenvalue weighted by Crippen LogP contribution is 2.47. The second-order valence-corrected chi connectivity index (χ2v) is 7.16. The van der Waals surface area contributed by atoms with Crippen LogP contribution in [-0.2, 0) is 14.6 Å². The van der Waals surface area contributed by atoms with Crippen molar-refractivity contribution in [3.8, 4) is 0 Å². The molecule has 0 radical (unpaired) electrons. The maximum absolute atomic E-state index is 13.2. The number of rotatable bonds is 4. The zero-order valence-electron chi connectivity index (χ0n) is 11.6. The number of hydrogen-bond donors (Lipinski definition) is 2. The summed E-state index contributed by atoms with van der Waals surface area (Å²) < 4.78 is 35.7. The fourth-order valence-corrected chi connectivity index (χ4v) is 2.73. The van der Waals surface area contributed by atoms with Gasteiger partial charge in [0.2, 0.25) is 26.8 Å². The van der Waals surface area contributed by atoms with E-state index in [-0.39, 0.29) is 34.7 Å². The van der Waals surface area contributed by atoms with Crippen LogP contribution in [0.25, 0.3) is 0 Å². The van der Waals surface area contributed by atoms with E-state index in [1.165, 1.54) is 12.1 Å². The molecular formula is C13H13FN4O3S. The molecule has 1 aliphatic carbocycles. The third-order valence-electron chi connectivity index (χ3n) is 3.46. The van der Waals surface area contributed by atoms with E-state index in [0.29, 0.717) is 6.42 Å². The highest BCUT2D eigenvalue weighted by Gasteiger charge is 2.44. The van der Waals surface area contributed by atoms with Crippen LogP contribution in [-0.4, -0.2) is 35.8 Å². The number of halogens is 1. The summed E-state index contributed by atoms with van der Waals surface area (Å²) in [7, 11) is -3.50. The van der Waals surface area contributed by atoms with E-state index in [4.69, 9.17) is 0 Å². The molecule has 1 aromatic heterocycles. The number of aromatic amines is 1. The molecule has 1 heterocycles. The van der Waals surface area contributed by atoms with E-state index in [2.05, 4.69) is 20.5 Å². The molecule has 0 unspecified atom stereocenters. The Hall–Kier alpha value is -2.29. The summed E-state index contributed by atoms with van der Waals surface area (Å²) in [5.74, 6) is -1.06. The van der Waals surface area contributed by atoms with E-state index in [1.54, 1.807) is 12.1 Å². The molecule has 116 valence electrons. The number of carbonyl (C=O) groups is 1. The summed E-state index contributed by atoms with van der Waals surface area (Å²) >= 11 is 0. The van der Waals surface area contributed by atoms with Gasteiger partial charge in [0.1, 0.15) is 5.82 Å². The average Bonchev–Trinajstić information content (AvgIpc) is 3.10. The molecule has 1 saturated carbocycles. The van der Waals surface area contributed by atoms with Gasteiger partial charge in [-0.1, -0.05) is 12.1 Å². The molecule has 2 aromatic rings. The van der Waals surface area contributed by atoms with Crippen molar-refractivity contribution in [1.29, 1.82) is 0 Å². The van der Waals surface area contributed by atoms with Gasteiger partial charge in [0.15, 0.2) is 0 Å². The third kappa shape index (κ3) is 2.98. The second kappa shape index (κ2) is 5.16. The minimum Gasteiger partial charge on any atom is -0.293 e. The average molecular weight is 324 g/mol. The molecule has 0 spiro atoms. The molecule has 9 heteroatoms. The Morgan fingerprint density at radius 1 is 1.45 bits per heavy atom. The highest BCUT2D eigenvalue weighted by molar-refractivity contribution is 7.90. The Morgan fingerprint density at radius 2 is 2.23 bits per heavy atom. The quantitative estimate of drug-likeness (QED) is 0.876. The fourth-order valence-electron chi connectivity index (χ4n) is 2.26. The van der Waals surface area contributed by atoms with Crippen molar-refractivity contribution in [2.75, 3.05) is 11.6 Å². The largest absolute Gasteiger partial charge is 0.293 e. The van der Waals surface area contributed by atoms with Gasteiger partial charge < -0.3 is 0 Å². The van der Waals surface area contributed by atoms with Gasteiger partial charge in [-0.05, 0) is 30.0 Å². The van der Waals surface area contributed by atoms with Crippen LogP contribution in [0.4, 0.5) is 10.3 Å². The normalized spacial score (nSPS) is 20.6. The van der Waals surface area contributed by atoms with E-state index in [9.17, 15) is 17.6 Å². The van der Waals surface area contributed by atoms with Gasteiger partial charge in [-0.15, -0.1) is 5.10 Å². The summed E-state index contributed by atoms with van der Waals surface area (Å²) in [6.07, 6.45) is 1.60. The summed E-state index contributed by atoms with van der Waals surface area (Å²) in [6, 6.07) is 6.13. The first-order valence-electron chi connectivity index (χ1n) is 6.53. The van der Waals surface area contributed by atoms with Crippen molar-refractivity contribution >= 4 is 21.7 Å². The van der Waals surface area contributed by atoms with E-state index in [1.807, 2.05) is 0 Å². The Balaban J connectivity index is 1.66. The van der Waals surface area contributed by atoms with Gasteiger partial charge in [0.25, 0.3) is 0 Å². The molecule has 0 bridgehead atoms. The maximum Gasteiger partial charge on any atom is 0.249 e. The number of hydrogen-bond acceptors (Lipinski definition) is 5. The van der Waals surface area contributed by atoms with Crippen LogP contribution in [0.2, 0.25) is 0 Å². The van der Waals surface area contributed by atoms with Gasteiger partial charge in [-0.3, -0.25) is 10.1 Å². The van der Waals surface area contributed by atoms with Crippen LogP contribution < -0.4 is 5.32 Å². The lowest BCUT2D eigenvalue weighted by Crippen LogP contribution is -2.15. The second-order valence-electron chi connectivity index (χ2n) is 5.23. The summed E-state index contributed by atoms with van der Waals surface area (Å²) in [5, 5.41) is 8.04. The van der Waals surface area contributed by atoms with Crippen LogP contribution >= 0.6 is 0 Å². The minimum atomic E-state index is -3.50. The molecule has 2 atom stereocenters. The van der Waals surface area contributed by atoms with Crippen LogP contribution in [0.5, 0.6) is 0 Å². The van der Waals surface area contributed by atoms with Crippen molar-refractivity contribution in [3.63, 3.8) is 0 Å². The lowest BCUT2D eigenvalue weighted by molar-refractivity contribution is -0.117. The number of amides is 1. The van der Waals surface area contributed by atoms with Gasteiger partial charge in [0, 0.05) is 12.2 Å². The Labute approximate surface area is 125 Å². The fraction of sp³-hybridized carbons (Fsp3) is 0.308. The topological polar surface area (TPSA) is 105 Å². The highest BCUT2D eigenvalue weighted by atomic mass is 32.2. The molecule has 0 saturated heterocycles. The molecule has 3 rings (SSSR count). The zero-order valence-corrected chi connectivity index (χ0v) is 12.4. The van der Waals surface area contributed by atoms with Crippen molar-refractivity contribution < 1.29 is 17.6 Å². The first-order valence-corrected chi connectivity index (χ1v) is 8.42. The number of nitrogens with one attached hydrogen (secondary N) is 2. The SMILES string of the molecule is CS(=O)(=O)c1nc(NC(=O)[C@@H]2C[C@H]2c2cccc(F)c2)n[nH]1. The number of H-pyrrole nitrogens is 1. The first-order chi connectivity index (χ1) is 10.3. The number of carbonyl (C=O) groups excluding carboxylic acids is 1. The van der Waals surface area contributed by atoms with Gasteiger partial charge in [-0.2, -0.15) is 4.98 Å². The first kappa shape index (κ1) is 14.6. The zero-order chi connectivity index (χ0) is 15.9. The lowest BCUT2D eigenvalue weighted by Gasteiger charge is -2.01. The van der Waals surface area contributed by atoms with E-state index >= 15 is 0 Å². The smallest absolute Gasteiger partial charge is 0.249 e. The van der Waals surface area contributed by atoms with Crippen molar-refractivity contribution in [2.45, 2.75) is 17.5 Å². The van der Waals surface area contributed by atoms with Gasteiger partial charge in [0.05, 0.1) is 0 Å². The van der Waals surface area contributed by atoms with Crippen LogP contribution in [0.15, 0.2) is 29.4 Å². The van der Waals surface area contributed by atoms with Gasteiger partial charge in [-0.25, -0.2) is 17.9 Å². The summed E-state index contributed by atoms with van der Waals surface area (Å²) in [6.45, 7) is 0. The Kier molecular flexibility index (Phi) is 3.44. The predicted octanol–water partition coefficient (Wildman–Crippen LogP) is 1.09. The number of benzene rings is 1. The van der Waals surface area contributed by atoms with Gasteiger partial charge >= 0.3 is 0 Å².